The lowest BCUT2D eigenvalue weighted by Crippen LogP contribution is -2.38. The largest absolute Gasteiger partial charge is 0.351 e. The third kappa shape index (κ3) is 3.56. The monoisotopic (exact) mass is 345 g/mol. The van der Waals surface area contributed by atoms with Gasteiger partial charge in [-0.1, -0.05) is 12.1 Å². The first kappa shape index (κ1) is 16.4. The number of nitrogens with one attached hydrogen (secondary N) is 2. The van der Waals surface area contributed by atoms with E-state index < -0.39 is 0 Å². The highest BCUT2D eigenvalue weighted by molar-refractivity contribution is 7.15. The Morgan fingerprint density at radius 3 is 3.00 bits per heavy atom. The SMILES string of the molecule is CN=C(NCc1cn2ccsc2n1)NC(C)c1ccc(C)c(F)c1. The summed E-state index contributed by atoms with van der Waals surface area (Å²) in [7, 11) is 1.71. The van der Waals surface area contributed by atoms with E-state index in [0.29, 0.717) is 18.1 Å². The smallest absolute Gasteiger partial charge is 0.193 e. The van der Waals surface area contributed by atoms with Crippen molar-refractivity contribution in [3.8, 4) is 0 Å². The van der Waals surface area contributed by atoms with Crippen LogP contribution < -0.4 is 10.6 Å². The maximum Gasteiger partial charge on any atom is 0.193 e. The van der Waals surface area contributed by atoms with Crippen LogP contribution in [-0.4, -0.2) is 22.4 Å². The molecule has 0 fully saturated rings. The molecule has 24 heavy (non-hydrogen) atoms. The van der Waals surface area contributed by atoms with Gasteiger partial charge < -0.3 is 10.6 Å². The Kier molecular flexibility index (Phi) is 4.80. The fourth-order valence-corrected chi connectivity index (χ4v) is 3.12. The van der Waals surface area contributed by atoms with Crippen molar-refractivity contribution >= 4 is 22.3 Å². The Hall–Kier alpha value is -2.41. The van der Waals surface area contributed by atoms with Gasteiger partial charge in [0.1, 0.15) is 5.82 Å². The van der Waals surface area contributed by atoms with E-state index >= 15 is 0 Å². The standard InChI is InChI=1S/C17H20FN5S/c1-11-4-5-13(8-15(11)18)12(2)21-16(19-3)20-9-14-10-23-6-7-24-17(23)22-14/h4-8,10,12H,9H2,1-3H3,(H2,19,20,21). The molecule has 0 saturated heterocycles. The first-order valence-corrected chi connectivity index (χ1v) is 8.59. The predicted molar refractivity (Wildman–Crippen MR) is 96.0 cm³/mol. The van der Waals surface area contributed by atoms with Crippen molar-refractivity contribution in [2.45, 2.75) is 26.4 Å². The minimum atomic E-state index is -0.192. The molecule has 0 saturated carbocycles. The van der Waals surface area contributed by atoms with Gasteiger partial charge >= 0.3 is 0 Å². The third-order valence-electron chi connectivity index (χ3n) is 3.85. The van der Waals surface area contributed by atoms with Crippen molar-refractivity contribution in [2.24, 2.45) is 4.99 Å². The molecule has 3 aromatic rings. The molecule has 0 bridgehead atoms. The van der Waals surface area contributed by atoms with E-state index in [0.717, 1.165) is 16.2 Å². The van der Waals surface area contributed by atoms with Crippen LogP contribution in [0.4, 0.5) is 4.39 Å². The molecule has 2 N–H and O–H groups in total. The van der Waals surface area contributed by atoms with E-state index in [1.54, 1.807) is 37.4 Å². The van der Waals surface area contributed by atoms with Crippen LogP contribution in [0.25, 0.3) is 4.96 Å². The minimum absolute atomic E-state index is 0.0585. The van der Waals surface area contributed by atoms with Crippen molar-refractivity contribution in [1.29, 1.82) is 0 Å². The summed E-state index contributed by atoms with van der Waals surface area (Å²) in [4.78, 5) is 9.71. The number of hydrogen-bond donors (Lipinski definition) is 2. The van der Waals surface area contributed by atoms with Gasteiger partial charge in [-0.05, 0) is 31.0 Å². The van der Waals surface area contributed by atoms with Gasteiger partial charge in [-0.25, -0.2) is 9.37 Å². The molecule has 2 aromatic heterocycles. The number of benzene rings is 1. The number of guanidine groups is 1. The molecule has 3 rings (SSSR count). The normalized spacial score (nSPS) is 13.2. The Balaban J connectivity index is 1.61. The molecule has 126 valence electrons. The Morgan fingerprint density at radius 1 is 1.46 bits per heavy atom. The summed E-state index contributed by atoms with van der Waals surface area (Å²) in [6.07, 6.45) is 3.97. The Morgan fingerprint density at radius 2 is 2.29 bits per heavy atom. The summed E-state index contributed by atoms with van der Waals surface area (Å²) in [6, 6.07) is 5.21. The molecule has 1 unspecified atom stereocenters. The average Bonchev–Trinajstić information content (AvgIpc) is 3.15. The number of imidazole rings is 1. The van der Waals surface area contributed by atoms with Crippen molar-refractivity contribution in [3.63, 3.8) is 0 Å². The van der Waals surface area contributed by atoms with Crippen LogP contribution in [0.1, 0.15) is 29.8 Å². The summed E-state index contributed by atoms with van der Waals surface area (Å²) >= 11 is 1.60. The lowest BCUT2D eigenvalue weighted by atomic mass is 10.1. The molecule has 2 heterocycles. The lowest BCUT2D eigenvalue weighted by Gasteiger charge is -2.18. The van der Waals surface area contributed by atoms with E-state index in [1.807, 2.05) is 35.2 Å². The second-order valence-electron chi connectivity index (χ2n) is 5.63. The zero-order valence-electron chi connectivity index (χ0n) is 13.9. The summed E-state index contributed by atoms with van der Waals surface area (Å²) in [5.41, 5.74) is 2.47. The van der Waals surface area contributed by atoms with Gasteiger partial charge in [0.2, 0.25) is 0 Å². The van der Waals surface area contributed by atoms with E-state index in [1.165, 1.54) is 0 Å². The highest BCUT2D eigenvalue weighted by Gasteiger charge is 2.10. The molecule has 0 aliphatic carbocycles. The number of rotatable bonds is 4. The Bertz CT molecular complexity index is 838. The molecular weight excluding hydrogens is 325 g/mol. The van der Waals surface area contributed by atoms with Gasteiger partial charge in [0, 0.05) is 24.8 Å². The van der Waals surface area contributed by atoms with E-state index in [4.69, 9.17) is 0 Å². The number of aliphatic imine (C=N–C) groups is 1. The molecule has 1 atom stereocenters. The molecule has 7 heteroatoms. The number of thiazole rings is 1. The number of fused-ring (bicyclic) bond motifs is 1. The maximum atomic E-state index is 13.7. The highest BCUT2D eigenvalue weighted by atomic mass is 32.1. The summed E-state index contributed by atoms with van der Waals surface area (Å²) in [6.45, 7) is 4.31. The number of nitrogens with zero attached hydrogens (tertiary/aromatic N) is 3. The number of aromatic nitrogens is 2. The average molecular weight is 345 g/mol. The quantitative estimate of drug-likeness (QED) is 0.564. The van der Waals surface area contributed by atoms with Crippen LogP contribution in [0.3, 0.4) is 0 Å². The molecule has 0 amide bonds. The van der Waals surface area contributed by atoms with Crippen molar-refractivity contribution in [3.05, 3.63) is 58.6 Å². The molecular formula is C17H20FN5S. The van der Waals surface area contributed by atoms with Gasteiger partial charge in [-0.2, -0.15) is 0 Å². The lowest BCUT2D eigenvalue weighted by molar-refractivity contribution is 0.607. The first-order valence-electron chi connectivity index (χ1n) is 7.71. The highest BCUT2D eigenvalue weighted by Crippen LogP contribution is 2.16. The zero-order valence-corrected chi connectivity index (χ0v) is 14.7. The summed E-state index contributed by atoms with van der Waals surface area (Å²) in [5.74, 6) is 0.460. The molecule has 0 aliphatic heterocycles. The molecule has 1 aromatic carbocycles. The fourth-order valence-electron chi connectivity index (χ4n) is 2.40. The summed E-state index contributed by atoms with van der Waals surface area (Å²) in [5, 5.41) is 8.51. The van der Waals surface area contributed by atoms with E-state index in [2.05, 4.69) is 20.6 Å². The minimum Gasteiger partial charge on any atom is -0.351 e. The van der Waals surface area contributed by atoms with E-state index in [-0.39, 0.29) is 11.9 Å². The predicted octanol–water partition coefficient (Wildman–Crippen LogP) is 3.27. The second kappa shape index (κ2) is 7.00. The summed E-state index contributed by atoms with van der Waals surface area (Å²) < 4.78 is 15.7. The van der Waals surface area contributed by atoms with Gasteiger partial charge in [-0.3, -0.25) is 9.39 Å². The number of halogens is 1. The third-order valence-corrected chi connectivity index (χ3v) is 4.62. The fraction of sp³-hybridized carbons (Fsp3) is 0.294. The van der Waals surface area contributed by atoms with Crippen LogP contribution in [0.2, 0.25) is 0 Å². The van der Waals surface area contributed by atoms with Crippen LogP contribution in [0, 0.1) is 12.7 Å². The van der Waals surface area contributed by atoms with Crippen LogP contribution in [0.15, 0.2) is 41.0 Å². The van der Waals surface area contributed by atoms with Gasteiger partial charge in [0.05, 0.1) is 18.3 Å². The Labute approximate surface area is 144 Å². The molecule has 0 spiro atoms. The molecule has 5 nitrogen and oxygen atoms in total. The van der Waals surface area contributed by atoms with Gasteiger partial charge in [0.25, 0.3) is 0 Å². The van der Waals surface area contributed by atoms with Gasteiger partial charge in [0.15, 0.2) is 10.9 Å². The van der Waals surface area contributed by atoms with Crippen LogP contribution in [0.5, 0.6) is 0 Å². The first-order chi connectivity index (χ1) is 11.6. The number of aryl methyl sites for hydroxylation is 1. The molecule has 0 radical (unpaired) electrons. The maximum absolute atomic E-state index is 13.7. The van der Waals surface area contributed by atoms with Crippen molar-refractivity contribution in [1.82, 2.24) is 20.0 Å². The van der Waals surface area contributed by atoms with Crippen LogP contribution >= 0.6 is 11.3 Å². The number of hydrogen-bond acceptors (Lipinski definition) is 3. The van der Waals surface area contributed by atoms with Gasteiger partial charge in [-0.15, -0.1) is 11.3 Å². The van der Waals surface area contributed by atoms with E-state index in [9.17, 15) is 4.39 Å². The molecule has 0 aliphatic rings. The van der Waals surface area contributed by atoms with Crippen molar-refractivity contribution in [2.75, 3.05) is 7.05 Å². The zero-order chi connectivity index (χ0) is 17.1. The van der Waals surface area contributed by atoms with Crippen molar-refractivity contribution < 1.29 is 4.39 Å². The topological polar surface area (TPSA) is 53.7 Å². The second-order valence-corrected chi connectivity index (χ2v) is 6.50. The van der Waals surface area contributed by atoms with Crippen LogP contribution in [-0.2, 0) is 6.54 Å².